The van der Waals surface area contributed by atoms with Gasteiger partial charge in [0.25, 0.3) is 0 Å². The highest BCUT2D eigenvalue weighted by atomic mass is 32.1. The maximum atomic E-state index is 5.53. The molecule has 1 aliphatic carbocycles. The molecule has 0 fully saturated rings. The van der Waals surface area contributed by atoms with E-state index in [0.29, 0.717) is 0 Å². The van der Waals surface area contributed by atoms with Crippen molar-refractivity contribution in [3.8, 4) is 11.4 Å². The molecule has 116 valence electrons. The molecule has 1 heterocycles. The molecule has 0 amide bonds. The van der Waals surface area contributed by atoms with Crippen molar-refractivity contribution in [2.75, 3.05) is 13.2 Å². The molecular weight excluding hydrogens is 292 g/mol. The van der Waals surface area contributed by atoms with Gasteiger partial charge in [0.2, 0.25) is 0 Å². The van der Waals surface area contributed by atoms with Crippen LogP contribution in [0.5, 0.6) is 0 Å². The van der Waals surface area contributed by atoms with Crippen LogP contribution < -0.4 is 0 Å². The third-order valence-corrected chi connectivity index (χ3v) is 4.48. The molecule has 0 N–H and O–H groups in total. The van der Waals surface area contributed by atoms with Gasteiger partial charge in [0.15, 0.2) is 0 Å². The van der Waals surface area contributed by atoms with Crippen LogP contribution in [0.3, 0.4) is 0 Å². The molecule has 1 aromatic carbocycles. The summed E-state index contributed by atoms with van der Waals surface area (Å²) in [6.45, 7) is 4.54. The van der Waals surface area contributed by atoms with Crippen LogP contribution in [0.4, 0.5) is 0 Å². The zero-order chi connectivity index (χ0) is 15.4. The maximum absolute atomic E-state index is 5.53. The summed E-state index contributed by atoms with van der Waals surface area (Å²) in [6.07, 6.45) is 4.37. The minimum atomic E-state index is 0.775. The Hall–Kier alpha value is -1.52. The second-order valence-corrected chi connectivity index (χ2v) is 5.97. The second-order valence-electron chi connectivity index (χ2n) is 5.59. The molecule has 0 saturated heterocycles. The van der Waals surface area contributed by atoms with Gasteiger partial charge in [-0.15, -0.1) is 0 Å². The predicted octanol–water partition coefficient (Wildman–Crippen LogP) is 4.19. The fourth-order valence-electron chi connectivity index (χ4n) is 3.13. The van der Waals surface area contributed by atoms with E-state index in [4.69, 9.17) is 21.9 Å². The Morgan fingerprint density at radius 2 is 2.05 bits per heavy atom. The van der Waals surface area contributed by atoms with Crippen LogP contribution in [0.25, 0.3) is 11.4 Å². The second kappa shape index (κ2) is 7.16. The largest absolute Gasteiger partial charge is 0.382 e. The lowest BCUT2D eigenvalue weighted by Crippen LogP contribution is -2.13. The number of benzene rings is 1. The Morgan fingerprint density at radius 3 is 2.82 bits per heavy atom. The zero-order valence-corrected chi connectivity index (χ0v) is 13.9. The summed E-state index contributed by atoms with van der Waals surface area (Å²) < 4.78 is 8.64. The molecule has 0 unspecified atom stereocenters. The lowest BCUT2D eigenvalue weighted by atomic mass is 10.1. The van der Waals surface area contributed by atoms with Crippen molar-refractivity contribution in [2.45, 2.75) is 39.2 Å². The number of aromatic nitrogens is 2. The molecule has 0 aliphatic heterocycles. The highest BCUT2D eigenvalue weighted by molar-refractivity contribution is 7.71. The molecule has 0 radical (unpaired) electrons. The summed E-state index contributed by atoms with van der Waals surface area (Å²) in [5.74, 6) is 1.00. The lowest BCUT2D eigenvalue weighted by molar-refractivity contribution is 0.141. The smallest absolute Gasteiger partial charge is 0.141 e. The molecule has 0 atom stereocenters. The van der Waals surface area contributed by atoms with Crippen LogP contribution in [0.2, 0.25) is 0 Å². The van der Waals surface area contributed by atoms with Crippen LogP contribution in [0.1, 0.15) is 31.0 Å². The Morgan fingerprint density at radius 1 is 1.23 bits per heavy atom. The topological polar surface area (TPSA) is 27.1 Å². The molecule has 1 aliphatic rings. The van der Waals surface area contributed by atoms with E-state index < -0.39 is 0 Å². The molecule has 4 heteroatoms. The first kappa shape index (κ1) is 15.4. The first-order valence-electron chi connectivity index (χ1n) is 8.07. The summed E-state index contributed by atoms with van der Waals surface area (Å²) in [4.78, 5) is 4.75. The van der Waals surface area contributed by atoms with Crippen LogP contribution in [0, 0.1) is 4.64 Å². The van der Waals surface area contributed by atoms with E-state index in [-0.39, 0.29) is 0 Å². The molecule has 2 aromatic rings. The zero-order valence-electron chi connectivity index (χ0n) is 13.0. The van der Waals surface area contributed by atoms with E-state index in [0.717, 1.165) is 55.0 Å². The monoisotopic (exact) mass is 314 g/mol. The summed E-state index contributed by atoms with van der Waals surface area (Å²) in [7, 11) is 0. The third kappa shape index (κ3) is 3.13. The number of nitrogens with zero attached hydrogens (tertiary/aromatic N) is 2. The van der Waals surface area contributed by atoms with E-state index in [1.165, 1.54) is 17.7 Å². The molecule has 3 rings (SSSR count). The summed E-state index contributed by atoms with van der Waals surface area (Å²) in [6, 6.07) is 10.4. The van der Waals surface area contributed by atoms with Gasteiger partial charge < -0.3 is 9.30 Å². The molecule has 0 spiro atoms. The maximum Gasteiger partial charge on any atom is 0.141 e. The van der Waals surface area contributed by atoms with E-state index >= 15 is 0 Å². The molecule has 0 bridgehead atoms. The fraction of sp³-hybridized carbons (Fsp3) is 0.444. The summed E-state index contributed by atoms with van der Waals surface area (Å²) in [5.41, 5.74) is 3.81. The Balaban J connectivity index is 2.01. The van der Waals surface area contributed by atoms with Crippen molar-refractivity contribution >= 4 is 12.2 Å². The first-order chi connectivity index (χ1) is 10.8. The van der Waals surface area contributed by atoms with Gasteiger partial charge >= 0.3 is 0 Å². The van der Waals surface area contributed by atoms with Gasteiger partial charge in [0.05, 0.1) is 0 Å². The summed E-state index contributed by atoms with van der Waals surface area (Å²) in [5, 5.41) is 0. The van der Waals surface area contributed by atoms with Gasteiger partial charge in [-0.3, -0.25) is 0 Å². The van der Waals surface area contributed by atoms with Crippen molar-refractivity contribution in [3.63, 3.8) is 0 Å². The van der Waals surface area contributed by atoms with E-state index in [2.05, 4.69) is 28.8 Å². The van der Waals surface area contributed by atoms with Crippen molar-refractivity contribution in [1.29, 1.82) is 0 Å². The van der Waals surface area contributed by atoms with E-state index in [1.54, 1.807) is 0 Å². The fourth-order valence-corrected chi connectivity index (χ4v) is 3.43. The Bertz CT molecular complexity index is 694. The summed E-state index contributed by atoms with van der Waals surface area (Å²) >= 11 is 5.53. The van der Waals surface area contributed by atoms with Crippen molar-refractivity contribution in [1.82, 2.24) is 9.55 Å². The Labute approximate surface area is 137 Å². The van der Waals surface area contributed by atoms with Crippen molar-refractivity contribution < 1.29 is 4.74 Å². The van der Waals surface area contributed by atoms with Gasteiger partial charge in [-0.2, -0.15) is 0 Å². The van der Waals surface area contributed by atoms with Gasteiger partial charge in [-0.05, 0) is 32.6 Å². The van der Waals surface area contributed by atoms with Crippen LogP contribution in [-0.2, 0) is 24.1 Å². The van der Waals surface area contributed by atoms with Crippen LogP contribution >= 0.6 is 12.2 Å². The molecular formula is C18H22N2OS. The first-order valence-corrected chi connectivity index (χ1v) is 8.48. The quantitative estimate of drug-likeness (QED) is 0.591. The number of hydrogen-bond donors (Lipinski definition) is 0. The number of fused-ring (bicyclic) bond motifs is 1. The van der Waals surface area contributed by atoms with E-state index in [1.807, 2.05) is 13.0 Å². The van der Waals surface area contributed by atoms with Crippen LogP contribution in [0.15, 0.2) is 30.3 Å². The van der Waals surface area contributed by atoms with Gasteiger partial charge in [0.1, 0.15) is 10.5 Å². The number of ether oxygens (including phenoxy) is 1. The van der Waals surface area contributed by atoms with Crippen molar-refractivity contribution in [2.24, 2.45) is 0 Å². The Kier molecular flexibility index (Phi) is 5.01. The SMILES string of the molecule is CCOCCCn1c(-c2ccccc2)nc(=S)c2c1CCC2. The average molecular weight is 314 g/mol. The van der Waals surface area contributed by atoms with Gasteiger partial charge in [-0.1, -0.05) is 42.5 Å². The highest BCUT2D eigenvalue weighted by Gasteiger charge is 2.20. The van der Waals surface area contributed by atoms with Gasteiger partial charge in [0, 0.05) is 36.6 Å². The number of hydrogen-bond acceptors (Lipinski definition) is 3. The number of rotatable bonds is 6. The minimum Gasteiger partial charge on any atom is -0.382 e. The molecule has 1 aromatic heterocycles. The average Bonchev–Trinajstić information content (AvgIpc) is 3.04. The molecule has 0 saturated carbocycles. The highest BCUT2D eigenvalue weighted by Crippen LogP contribution is 2.28. The standard InChI is InChI=1S/C18H22N2OS/c1-2-21-13-7-12-20-16-11-6-10-15(16)18(22)19-17(20)14-8-4-3-5-9-14/h3-5,8-9H,2,6-7,10-13H2,1H3. The van der Waals surface area contributed by atoms with Crippen LogP contribution in [-0.4, -0.2) is 22.8 Å². The lowest BCUT2D eigenvalue weighted by Gasteiger charge is -2.18. The van der Waals surface area contributed by atoms with E-state index in [9.17, 15) is 0 Å². The normalized spacial score (nSPS) is 13.3. The molecule has 22 heavy (non-hydrogen) atoms. The van der Waals surface area contributed by atoms with Gasteiger partial charge in [-0.25, -0.2) is 4.98 Å². The molecule has 3 nitrogen and oxygen atoms in total. The van der Waals surface area contributed by atoms with Crippen molar-refractivity contribution in [3.05, 3.63) is 46.2 Å². The predicted molar refractivity (Wildman–Crippen MR) is 91.6 cm³/mol. The minimum absolute atomic E-state index is 0.775. The third-order valence-electron chi connectivity index (χ3n) is 4.14.